The summed E-state index contributed by atoms with van der Waals surface area (Å²) in [5.41, 5.74) is 2.71. The van der Waals surface area contributed by atoms with E-state index in [-0.39, 0.29) is 0 Å². The average molecular weight is 350 g/mol. The Labute approximate surface area is 134 Å². The van der Waals surface area contributed by atoms with Crippen LogP contribution in [0.15, 0.2) is 56.7 Å². The molecule has 0 atom stereocenters. The minimum atomic E-state index is 0.517. The first-order valence-corrected chi connectivity index (χ1v) is 8.42. The standard InChI is InChI=1S/C17H20BrNS/c1-12(2)19-11-14-8-9-15(10-13(14)3)20-17-7-5-4-6-16(17)18/h4-10,12,19H,11H2,1-3H3. The molecule has 2 aromatic carbocycles. The van der Waals surface area contributed by atoms with Crippen molar-refractivity contribution in [1.29, 1.82) is 0 Å². The maximum atomic E-state index is 3.60. The van der Waals surface area contributed by atoms with Gasteiger partial charge in [-0.25, -0.2) is 0 Å². The predicted octanol–water partition coefficient (Wildman–Crippen LogP) is 5.41. The highest BCUT2D eigenvalue weighted by Gasteiger charge is 2.05. The van der Waals surface area contributed by atoms with Crippen molar-refractivity contribution in [2.45, 2.75) is 43.1 Å². The quantitative estimate of drug-likeness (QED) is 0.774. The predicted molar refractivity (Wildman–Crippen MR) is 91.4 cm³/mol. The molecule has 106 valence electrons. The molecule has 0 radical (unpaired) electrons. The maximum absolute atomic E-state index is 3.60. The molecule has 1 N–H and O–H groups in total. The minimum Gasteiger partial charge on any atom is -0.310 e. The van der Waals surface area contributed by atoms with E-state index in [1.807, 2.05) is 6.07 Å². The first-order valence-electron chi connectivity index (χ1n) is 6.81. The van der Waals surface area contributed by atoms with Crippen LogP contribution in [0.3, 0.4) is 0 Å². The van der Waals surface area contributed by atoms with E-state index in [2.05, 4.69) is 78.4 Å². The van der Waals surface area contributed by atoms with Crippen LogP contribution < -0.4 is 5.32 Å². The summed E-state index contributed by atoms with van der Waals surface area (Å²) >= 11 is 5.39. The molecule has 0 aliphatic heterocycles. The molecule has 0 aliphatic rings. The summed E-state index contributed by atoms with van der Waals surface area (Å²) in [7, 11) is 0. The number of benzene rings is 2. The molecular formula is C17H20BrNS. The van der Waals surface area contributed by atoms with Gasteiger partial charge in [0.1, 0.15) is 0 Å². The van der Waals surface area contributed by atoms with E-state index in [1.54, 1.807) is 11.8 Å². The molecule has 0 unspecified atom stereocenters. The molecule has 0 fully saturated rings. The Kier molecular flexibility index (Phi) is 5.70. The topological polar surface area (TPSA) is 12.0 Å². The second-order valence-corrected chi connectivity index (χ2v) is 7.13. The zero-order chi connectivity index (χ0) is 14.5. The average Bonchev–Trinajstić information content (AvgIpc) is 2.40. The van der Waals surface area contributed by atoms with Crippen LogP contribution in [0.5, 0.6) is 0 Å². The van der Waals surface area contributed by atoms with Crippen LogP contribution in [0.25, 0.3) is 0 Å². The fourth-order valence-corrected chi connectivity index (χ4v) is 3.36. The third-order valence-electron chi connectivity index (χ3n) is 3.08. The van der Waals surface area contributed by atoms with Gasteiger partial charge in [-0.15, -0.1) is 0 Å². The van der Waals surface area contributed by atoms with Gasteiger partial charge in [0.25, 0.3) is 0 Å². The Hall–Kier alpha value is -0.770. The Morgan fingerprint density at radius 2 is 1.90 bits per heavy atom. The van der Waals surface area contributed by atoms with Crippen LogP contribution in [0.2, 0.25) is 0 Å². The van der Waals surface area contributed by atoms with Gasteiger partial charge < -0.3 is 5.32 Å². The Morgan fingerprint density at radius 3 is 2.55 bits per heavy atom. The van der Waals surface area contributed by atoms with Crippen LogP contribution in [-0.2, 0) is 6.54 Å². The van der Waals surface area contributed by atoms with E-state index in [1.165, 1.54) is 20.9 Å². The Balaban J connectivity index is 2.11. The summed E-state index contributed by atoms with van der Waals surface area (Å²) < 4.78 is 1.15. The highest BCUT2D eigenvalue weighted by Crippen LogP contribution is 2.33. The summed E-state index contributed by atoms with van der Waals surface area (Å²) in [4.78, 5) is 2.53. The van der Waals surface area contributed by atoms with Crippen molar-refractivity contribution < 1.29 is 0 Å². The number of nitrogens with one attached hydrogen (secondary N) is 1. The lowest BCUT2D eigenvalue weighted by molar-refractivity contribution is 0.587. The molecular weight excluding hydrogens is 330 g/mol. The van der Waals surface area contributed by atoms with Gasteiger partial charge in [0.2, 0.25) is 0 Å². The third kappa shape index (κ3) is 4.37. The lowest BCUT2D eigenvalue weighted by Crippen LogP contribution is -2.22. The highest BCUT2D eigenvalue weighted by molar-refractivity contribution is 9.10. The van der Waals surface area contributed by atoms with Crippen molar-refractivity contribution in [1.82, 2.24) is 5.32 Å². The van der Waals surface area contributed by atoms with Crippen LogP contribution in [0.1, 0.15) is 25.0 Å². The highest BCUT2D eigenvalue weighted by atomic mass is 79.9. The van der Waals surface area contributed by atoms with Crippen molar-refractivity contribution in [3.63, 3.8) is 0 Å². The molecule has 0 bridgehead atoms. The number of rotatable bonds is 5. The molecule has 0 saturated carbocycles. The van der Waals surface area contributed by atoms with Gasteiger partial charge in [-0.1, -0.05) is 43.8 Å². The van der Waals surface area contributed by atoms with Gasteiger partial charge >= 0.3 is 0 Å². The van der Waals surface area contributed by atoms with Gasteiger partial charge in [-0.05, 0) is 58.2 Å². The lowest BCUT2D eigenvalue weighted by Gasteiger charge is -2.12. The molecule has 0 heterocycles. The van der Waals surface area contributed by atoms with Crippen molar-refractivity contribution in [3.05, 3.63) is 58.1 Å². The second kappa shape index (κ2) is 7.30. The van der Waals surface area contributed by atoms with E-state index >= 15 is 0 Å². The molecule has 1 nitrogen and oxygen atoms in total. The van der Waals surface area contributed by atoms with Gasteiger partial charge in [-0.3, -0.25) is 0 Å². The van der Waals surface area contributed by atoms with Crippen LogP contribution in [-0.4, -0.2) is 6.04 Å². The van der Waals surface area contributed by atoms with Gasteiger partial charge in [0.05, 0.1) is 0 Å². The van der Waals surface area contributed by atoms with Gasteiger partial charge in [0, 0.05) is 26.9 Å². The van der Waals surface area contributed by atoms with Crippen molar-refractivity contribution >= 4 is 27.7 Å². The Morgan fingerprint density at radius 1 is 1.15 bits per heavy atom. The largest absolute Gasteiger partial charge is 0.310 e. The fourth-order valence-electron chi connectivity index (χ4n) is 1.90. The normalized spacial score (nSPS) is 11.1. The molecule has 2 aromatic rings. The first-order chi connectivity index (χ1) is 9.56. The van der Waals surface area contributed by atoms with Gasteiger partial charge in [0.15, 0.2) is 0 Å². The molecule has 20 heavy (non-hydrogen) atoms. The summed E-state index contributed by atoms with van der Waals surface area (Å²) in [5.74, 6) is 0. The van der Waals surface area contributed by atoms with E-state index in [0.717, 1.165) is 11.0 Å². The van der Waals surface area contributed by atoms with E-state index in [0.29, 0.717) is 6.04 Å². The smallest absolute Gasteiger partial charge is 0.0314 e. The van der Waals surface area contributed by atoms with Crippen molar-refractivity contribution in [3.8, 4) is 0 Å². The lowest BCUT2D eigenvalue weighted by atomic mass is 10.1. The third-order valence-corrected chi connectivity index (χ3v) is 5.10. The Bertz CT molecular complexity index is 581. The fraction of sp³-hybridized carbons (Fsp3) is 0.294. The zero-order valence-corrected chi connectivity index (χ0v) is 14.5. The second-order valence-electron chi connectivity index (χ2n) is 5.16. The molecule has 0 aliphatic carbocycles. The van der Waals surface area contributed by atoms with Crippen LogP contribution >= 0.6 is 27.7 Å². The molecule has 0 aromatic heterocycles. The molecule has 0 spiro atoms. The number of halogens is 1. The van der Waals surface area contributed by atoms with E-state index in [4.69, 9.17) is 0 Å². The number of aryl methyl sites for hydroxylation is 1. The van der Waals surface area contributed by atoms with Crippen molar-refractivity contribution in [2.24, 2.45) is 0 Å². The molecule has 0 saturated heterocycles. The summed E-state index contributed by atoms with van der Waals surface area (Å²) in [6.07, 6.45) is 0. The summed E-state index contributed by atoms with van der Waals surface area (Å²) in [5, 5.41) is 3.47. The monoisotopic (exact) mass is 349 g/mol. The SMILES string of the molecule is Cc1cc(Sc2ccccc2Br)ccc1CNC(C)C. The minimum absolute atomic E-state index is 0.517. The summed E-state index contributed by atoms with van der Waals surface area (Å²) in [6, 6.07) is 15.5. The van der Waals surface area contributed by atoms with Crippen LogP contribution in [0.4, 0.5) is 0 Å². The zero-order valence-electron chi connectivity index (χ0n) is 12.1. The molecule has 3 heteroatoms. The first kappa shape index (κ1) is 15.6. The van der Waals surface area contributed by atoms with Crippen LogP contribution in [0, 0.1) is 6.92 Å². The van der Waals surface area contributed by atoms with E-state index in [9.17, 15) is 0 Å². The molecule has 0 amide bonds. The summed E-state index contributed by atoms with van der Waals surface area (Å²) in [6.45, 7) is 7.46. The van der Waals surface area contributed by atoms with E-state index < -0.39 is 0 Å². The van der Waals surface area contributed by atoms with Crippen molar-refractivity contribution in [2.75, 3.05) is 0 Å². The maximum Gasteiger partial charge on any atom is 0.0314 e. The number of hydrogen-bond donors (Lipinski definition) is 1. The number of hydrogen-bond acceptors (Lipinski definition) is 2. The van der Waals surface area contributed by atoms with Gasteiger partial charge in [-0.2, -0.15) is 0 Å². The molecule has 2 rings (SSSR count).